The van der Waals surface area contributed by atoms with Crippen LogP contribution in [-0.4, -0.2) is 36.7 Å². The van der Waals surface area contributed by atoms with E-state index in [1.165, 1.54) is 5.56 Å². The fraction of sp³-hybridized carbons (Fsp3) is 0.474. The molecule has 0 radical (unpaired) electrons. The maximum Gasteiger partial charge on any atom is 0.194 e. The Hall–Kier alpha value is -2.50. The molecule has 0 spiro atoms. The van der Waals surface area contributed by atoms with E-state index in [1.807, 2.05) is 25.2 Å². The van der Waals surface area contributed by atoms with Crippen LogP contribution in [0, 0.1) is 0 Å². The van der Waals surface area contributed by atoms with Crippen molar-refractivity contribution in [3.63, 3.8) is 0 Å². The SMILES string of the molecule is CCNC(=NCc1cc(C(C)C)no1)N(C)Cc1ccc(OC)cc1. The van der Waals surface area contributed by atoms with E-state index in [-0.39, 0.29) is 0 Å². The third kappa shape index (κ3) is 5.52. The Morgan fingerprint density at radius 3 is 2.60 bits per heavy atom. The number of hydrogen-bond acceptors (Lipinski definition) is 4. The summed E-state index contributed by atoms with van der Waals surface area (Å²) in [5, 5.41) is 7.39. The van der Waals surface area contributed by atoms with Crippen LogP contribution in [0.2, 0.25) is 0 Å². The quantitative estimate of drug-likeness (QED) is 0.616. The molecule has 2 aromatic rings. The predicted octanol–water partition coefficient (Wildman–Crippen LogP) is 3.40. The average Bonchev–Trinajstić information content (AvgIpc) is 3.08. The Kier molecular flexibility index (Phi) is 6.86. The second-order valence-electron chi connectivity index (χ2n) is 6.25. The third-order valence-corrected chi connectivity index (χ3v) is 3.83. The molecular weight excluding hydrogens is 316 g/mol. The Balaban J connectivity index is 2.03. The maximum atomic E-state index is 5.36. The highest BCUT2D eigenvalue weighted by Crippen LogP contribution is 2.15. The molecule has 0 aliphatic carbocycles. The average molecular weight is 344 g/mol. The topological polar surface area (TPSA) is 62.9 Å². The lowest BCUT2D eigenvalue weighted by Gasteiger charge is -2.22. The van der Waals surface area contributed by atoms with Crippen LogP contribution in [0.4, 0.5) is 0 Å². The number of aliphatic imine (C=N–C) groups is 1. The zero-order valence-electron chi connectivity index (χ0n) is 15.7. The summed E-state index contributed by atoms with van der Waals surface area (Å²) in [6.07, 6.45) is 0. The molecule has 0 aliphatic rings. The van der Waals surface area contributed by atoms with E-state index in [0.29, 0.717) is 12.5 Å². The molecule has 25 heavy (non-hydrogen) atoms. The molecule has 0 aliphatic heterocycles. The van der Waals surface area contributed by atoms with Crippen LogP contribution in [0.15, 0.2) is 39.8 Å². The minimum Gasteiger partial charge on any atom is -0.497 e. The van der Waals surface area contributed by atoms with Crippen molar-refractivity contribution in [1.29, 1.82) is 0 Å². The summed E-state index contributed by atoms with van der Waals surface area (Å²) in [7, 11) is 3.69. The van der Waals surface area contributed by atoms with Crippen molar-refractivity contribution in [3.8, 4) is 5.75 Å². The normalized spacial score (nSPS) is 11.7. The van der Waals surface area contributed by atoms with Gasteiger partial charge >= 0.3 is 0 Å². The van der Waals surface area contributed by atoms with Crippen molar-refractivity contribution >= 4 is 5.96 Å². The first-order valence-corrected chi connectivity index (χ1v) is 8.61. The van der Waals surface area contributed by atoms with Crippen molar-refractivity contribution < 1.29 is 9.26 Å². The molecule has 0 saturated carbocycles. The van der Waals surface area contributed by atoms with E-state index in [0.717, 1.165) is 36.3 Å². The Bertz CT molecular complexity index is 677. The van der Waals surface area contributed by atoms with Crippen LogP contribution in [0.1, 0.15) is 43.7 Å². The van der Waals surface area contributed by atoms with E-state index >= 15 is 0 Å². The molecular formula is C19H28N4O2. The van der Waals surface area contributed by atoms with Crippen LogP contribution in [0.25, 0.3) is 0 Å². The van der Waals surface area contributed by atoms with Gasteiger partial charge in [-0.25, -0.2) is 4.99 Å². The number of rotatable bonds is 7. The number of aromatic nitrogens is 1. The molecule has 6 nitrogen and oxygen atoms in total. The zero-order chi connectivity index (χ0) is 18.2. The second-order valence-corrected chi connectivity index (χ2v) is 6.25. The van der Waals surface area contributed by atoms with Gasteiger partial charge in [0, 0.05) is 26.2 Å². The number of nitrogens with one attached hydrogen (secondary N) is 1. The van der Waals surface area contributed by atoms with Gasteiger partial charge in [0.05, 0.1) is 12.8 Å². The van der Waals surface area contributed by atoms with E-state index < -0.39 is 0 Å². The van der Waals surface area contributed by atoms with Crippen LogP contribution in [0.5, 0.6) is 5.75 Å². The highest BCUT2D eigenvalue weighted by molar-refractivity contribution is 5.79. The highest BCUT2D eigenvalue weighted by atomic mass is 16.5. The van der Waals surface area contributed by atoms with E-state index in [1.54, 1.807) is 7.11 Å². The molecule has 0 bridgehead atoms. The third-order valence-electron chi connectivity index (χ3n) is 3.83. The first-order chi connectivity index (χ1) is 12.0. The highest BCUT2D eigenvalue weighted by Gasteiger charge is 2.10. The number of benzene rings is 1. The van der Waals surface area contributed by atoms with Crippen LogP contribution < -0.4 is 10.1 Å². The van der Waals surface area contributed by atoms with Gasteiger partial charge in [-0.05, 0) is 30.5 Å². The molecule has 1 aromatic carbocycles. The summed E-state index contributed by atoms with van der Waals surface area (Å²) in [5.41, 5.74) is 2.15. The molecule has 0 saturated heterocycles. The summed E-state index contributed by atoms with van der Waals surface area (Å²) >= 11 is 0. The Morgan fingerprint density at radius 1 is 1.32 bits per heavy atom. The summed E-state index contributed by atoms with van der Waals surface area (Å²) in [6, 6.07) is 10.0. The van der Waals surface area contributed by atoms with Crippen molar-refractivity contribution in [2.45, 2.75) is 39.8 Å². The van der Waals surface area contributed by atoms with Gasteiger partial charge in [0.25, 0.3) is 0 Å². The van der Waals surface area contributed by atoms with E-state index in [9.17, 15) is 0 Å². The second kappa shape index (κ2) is 9.11. The van der Waals surface area contributed by atoms with Crippen LogP contribution in [-0.2, 0) is 13.1 Å². The first-order valence-electron chi connectivity index (χ1n) is 8.61. The van der Waals surface area contributed by atoms with Gasteiger partial charge in [0.1, 0.15) is 12.3 Å². The lowest BCUT2D eigenvalue weighted by molar-refractivity contribution is 0.375. The molecule has 1 aromatic heterocycles. The molecule has 0 fully saturated rings. The van der Waals surface area contributed by atoms with Crippen molar-refractivity contribution in [3.05, 3.63) is 47.3 Å². The monoisotopic (exact) mass is 344 g/mol. The molecule has 2 rings (SSSR count). The number of guanidine groups is 1. The molecule has 136 valence electrons. The molecule has 0 unspecified atom stereocenters. The Labute approximate surface area is 149 Å². The number of hydrogen-bond donors (Lipinski definition) is 1. The molecule has 0 atom stereocenters. The molecule has 6 heteroatoms. The van der Waals surface area contributed by atoms with Gasteiger partial charge in [-0.15, -0.1) is 0 Å². The van der Waals surface area contributed by atoms with Crippen LogP contribution >= 0.6 is 0 Å². The fourth-order valence-corrected chi connectivity index (χ4v) is 2.38. The number of methoxy groups -OCH3 is 1. The van der Waals surface area contributed by atoms with Gasteiger partial charge in [-0.3, -0.25) is 0 Å². The largest absolute Gasteiger partial charge is 0.497 e. The first kappa shape index (κ1) is 18.8. The molecule has 1 heterocycles. The summed E-state index contributed by atoms with van der Waals surface area (Å²) < 4.78 is 10.6. The van der Waals surface area contributed by atoms with Gasteiger partial charge < -0.3 is 19.5 Å². The summed E-state index contributed by atoms with van der Waals surface area (Å²) in [6.45, 7) is 8.27. The zero-order valence-corrected chi connectivity index (χ0v) is 15.7. The summed E-state index contributed by atoms with van der Waals surface area (Å²) in [5.74, 6) is 2.82. The predicted molar refractivity (Wildman–Crippen MR) is 99.9 cm³/mol. The van der Waals surface area contributed by atoms with Crippen molar-refractivity contribution in [2.24, 2.45) is 4.99 Å². The number of ether oxygens (including phenoxy) is 1. The van der Waals surface area contributed by atoms with Crippen LogP contribution in [0.3, 0.4) is 0 Å². The minimum atomic E-state index is 0.354. The maximum absolute atomic E-state index is 5.36. The fourth-order valence-electron chi connectivity index (χ4n) is 2.38. The van der Waals surface area contributed by atoms with E-state index in [4.69, 9.17) is 9.26 Å². The van der Waals surface area contributed by atoms with Gasteiger partial charge in [0.15, 0.2) is 11.7 Å². The summed E-state index contributed by atoms with van der Waals surface area (Å²) in [4.78, 5) is 6.75. The standard InChI is InChI=1S/C19H28N4O2/c1-6-20-19(21-12-17-11-18(14(2)3)22-25-17)23(4)13-15-7-9-16(24-5)10-8-15/h7-11,14H,6,12-13H2,1-5H3,(H,20,21). The molecule has 0 amide bonds. The minimum absolute atomic E-state index is 0.354. The van der Waals surface area contributed by atoms with Crippen molar-refractivity contribution in [1.82, 2.24) is 15.4 Å². The van der Waals surface area contributed by atoms with Crippen molar-refractivity contribution in [2.75, 3.05) is 20.7 Å². The van der Waals surface area contributed by atoms with Gasteiger partial charge in [-0.2, -0.15) is 0 Å². The molecule has 1 N–H and O–H groups in total. The number of nitrogens with zero attached hydrogens (tertiary/aromatic N) is 3. The van der Waals surface area contributed by atoms with Gasteiger partial charge in [0.2, 0.25) is 0 Å². The lowest BCUT2D eigenvalue weighted by atomic mass is 10.1. The van der Waals surface area contributed by atoms with E-state index in [2.05, 4.69) is 53.3 Å². The lowest BCUT2D eigenvalue weighted by Crippen LogP contribution is -2.38. The van der Waals surface area contributed by atoms with Gasteiger partial charge in [-0.1, -0.05) is 31.1 Å². The smallest absolute Gasteiger partial charge is 0.194 e. The Morgan fingerprint density at radius 2 is 2.04 bits per heavy atom.